The summed E-state index contributed by atoms with van der Waals surface area (Å²) in [5.41, 5.74) is 6.51. The lowest BCUT2D eigenvalue weighted by Crippen LogP contribution is -2.38. The zero-order chi connectivity index (χ0) is 15.5. The van der Waals surface area contributed by atoms with Crippen molar-refractivity contribution in [1.82, 2.24) is 4.72 Å². The summed E-state index contributed by atoms with van der Waals surface area (Å²) in [5, 5.41) is 0. The highest BCUT2D eigenvalue weighted by molar-refractivity contribution is 7.89. The van der Waals surface area contributed by atoms with Crippen LogP contribution in [0.4, 0.5) is 5.69 Å². The first-order valence-corrected chi connectivity index (χ1v) is 8.98. The molecule has 3 N–H and O–H groups in total. The number of benzene rings is 1. The molecule has 0 saturated carbocycles. The SMILES string of the molecule is CC(C)NS(=O)(=O)c1ccccc1N1CCC(CN)CC1. The highest BCUT2D eigenvalue weighted by Crippen LogP contribution is 2.29. The number of para-hydroxylation sites is 1. The molecule has 118 valence electrons. The molecule has 1 fully saturated rings. The van der Waals surface area contributed by atoms with Gasteiger partial charge in [-0.05, 0) is 51.3 Å². The van der Waals surface area contributed by atoms with Crippen LogP contribution in [0.1, 0.15) is 26.7 Å². The lowest BCUT2D eigenvalue weighted by atomic mass is 9.97. The molecule has 0 aromatic heterocycles. The molecule has 1 aliphatic rings. The van der Waals surface area contributed by atoms with Gasteiger partial charge in [0.2, 0.25) is 10.0 Å². The summed E-state index contributed by atoms with van der Waals surface area (Å²) in [6.45, 7) is 6.08. The van der Waals surface area contributed by atoms with Gasteiger partial charge >= 0.3 is 0 Å². The van der Waals surface area contributed by atoms with Crippen molar-refractivity contribution in [2.75, 3.05) is 24.5 Å². The minimum Gasteiger partial charge on any atom is -0.370 e. The maximum atomic E-state index is 12.5. The molecule has 0 aliphatic carbocycles. The number of sulfonamides is 1. The molecule has 1 aromatic rings. The lowest BCUT2D eigenvalue weighted by molar-refractivity contribution is 0.413. The number of anilines is 1. The predicted molar refractivity (Wildman–Crippen MR) is 85.9 cm³/mol. The van der Waals surface area contributed by atoms with E-state index in [-0.39, 0.29) is 6.04 Å². The van der Waals surface area contributed by atoms with Gasteiger partial charge < -0.3 is 10.6 Å². The molecule has 1 aliphatic heterocycles. The molecule has 0 bridgehead atoms. The summed E-state index contributed by atoms with van der Waals surface area (Å²) < 4.78 is 27.6. The van der Waals surface area contributed by atoms with Crippen molar-refractivity contribution in [3.05, 3.63) is 24.3 Å². The van der Waals surface area contributed by atoms with E-state index in [0.717, 1.165) is 31.6 Å². The smallest absolute Gasteiger partial charge is 0.242 e. The summed E-state index contributed by atoms with van der Waals surface area (Å²) in [7, 11) is -3.47. The third-order valence-electron chi connectivity index (χ3n) is 3.83. The first-order chi connectivity index (χ1) is 9.94. The molecule has 1 saturated heterocycles. The van der Waals surface area contributed by atoms with Gasteiger partial charge in [0.15, 0.2) is 0 Å². The maximum Gasteiger partial charge on any atom is 0.242 e. The van der Waals surface area contributed by atoms with Crippen LogP contribution in [0.25, 0.3) is 0 Å². The van der Waals surface area contributed by atoms with Crippen LogP contribution in [0.5, 0.6) is 0 Å². The largest absolute Gasteiger partial charge is 0.370 e. The van der Waals surface area contributed by atoms with Crippen LogP contribution in [0.15, 0.2) is 29.2 Å². The summed E-state index contributed by atoms with van der Waals surface area (Å²) in [5.74, 6) is 0.554. The van der Waals surface area contributed by atoms with Gasteiger partial charge in [0.25, 0.3) is 0 Å². The van der Waals surface area contributed by atoms with Crippen molar-refractivity contribution in [3.63, 3.8) is 0 Å². The molecule has 1 aromatic carbocycles. The Morgan fingerprint density at radius 1 is 1.29 bits per heavy atom. The van der Waals surface area contributed by atoms with Crippen LogP contribution in [0.2, 0.25) is 0 Å². The zero-order valence-corrected chi connectivity index (χ0v) is 13.6. The summed E-state index contributed by atoms with van der Waals surface area (Å²) in [4.78, 5) is 2.52. The minimum absolute atomic E-state index is 0.119. The fraction of sp³-hybridized carbons (Fsp3) is 0.600. The third-order valence-corrected chi connectivity index (χ3v) is 5.54. The van der Waals surface area contributed by atoms with Crippen LogP contribution in [0, 0.1) is 5.92 Å². The molecule has 0 atom stereocenters. The van der Waals surface area contributed by atoms with Crippen molar-refractivity contribution in [2.45, 2.75) is 37.6 Å². The molecule has 0 amide bonds. The predicted octanol–water partition coefficient (Wildman–Crippen LogP) is 1.55. The summed E-state index contributed by atoms with van der Waals surface area (Å²) in [6, 6.07) is 7.10. The van der Waals surface area contributed by atoms with E-state index in [1.807, 2.05) is 26.0 Å². The molecular weight excluding hydrogens is 286 g/mol. The van der Waals surface area contributed by atoms with E-state index in [2.05, 4.69) is 9.62 Å². The zero-order valence-electron chi connectivity index (χ0n) is 12.7. The first kappa shape index (κ1) is 16.3. The van der Waals surface area contributed by atoms with Crippen LogP contribution in [-0.2, 0) is 10.0 Å². The van der Waals surface area contributed by atoms with E-state index in [4.69, 9.17) is 5.73 Å². The quantitative estimate of drug-likeness (QED) is 0.865. The second kappa shape index (κ2) is 6.77. The Kier molecular flexibility index (Phi) is 5.24. The fourth-order valence-corrected chi connectivity index (χ4v) is 4.21. The van der Waals surface area contributed by atoms with Crippen LogP contribution < -0.4 is 15.4 Å². The van der Waals surface area contributed by atoms with Crippen LogP contribution >= 0.6 is 0 Å². The number of nitrogens with zero attached hydrogens (tertiary/aromatic N) is 1. The number of rotatable bonds is 5. The average molecular weight is 311 g/mol. The molecule has 5 nitrogen and oxygen atoms in total. The van der Waals surface area contributed by atoms with Crippen molar-refractivity contribution >= 4 is 15.7 Å². The molecule has 6 heteroatoms. The standard InChI is InChI=1S/C15H25N3O2S/c1-12(2)17-21(19,20)15-6-4-3-5-14(15)18-9-7-13(11-16)8-10-18/h3-6,12-13,17H,7-11,16H2,1-2H3. The third kappa shape index (κ3) is 3.96. The molecule has 1 heterocycles. The van der Waals surface area contributed by atoms with Crippen LogP contribution in [-0.4, -0.2) is 34.1 Å². The highest BCUT2D eigenvalue weighted by Gasteiger charge is 2.25. The van der Waals surface area contributed by atoms with E-state index in [1.165, 1.54) is 0 Å². The Morgan fingerprint density at radius 2 is 1.90 bits per heavy atom. The Bertz CT molecular complexity index is 564. The van der Waals surface area contributed by atoms with Crippen molar-refractivity contribution in [3.8, 4) is 0 Å². The average Bonchev–Trinajstić information content (AvgIpc) is 2.46. The van der Waals surface area contributed by atoms with E-state index < -0.39 is 10.0 Å². The summed E-state index contributed by atoms with van der Waals surface area (Å²) >= 11 is 0. The Balaban J connectivity index is 2.26. The molecule has 21 heavy (non-hydrogen) atoms. The van der Waals surface area contributed by atoms with Gasteiger partial charge in [0.05, 0.1) is 5.69 Å². The summed E-state index contributed by atoms with van der Waals surface area (Å²) in [6.07, 6.45) is 2.03. The van der Waals surface area contributed by atoms with Crippen LogP contribution in [0.3, 0.4) is 0 Å². The van der Waals surface area contributed by atoms with Gasteiger partial charge in [-0.15, -0.1) is 0 Å². The Labute approximate surface area is 127 Å². The van der Waals surface area contributed by atoms with Crippen molar-refractivity contribution in [1.29, 1.82) is 0 Å². The second-order valence-electron chi connectivity index (χ2n) is 5.91. The normalized spacial score (nSPS) is 17.4. The Hall–Kier alpha value is -1.11. The second-order valence-corrected chi connectivity index (χ2v) is 7.59. The molecule has 0 unspecified atom stereocenters. The molecule has 0 radical (unpaired) electrons. The topological polar surface area (TPSA) is 75.4 Å². The van der Waals surface area contributed by atoms with Gasteiger partial charge in [-0.2, -0.15) is 0 Å². The first-order valence-electron chi connectivity index (χ1n) is 7.50. The number of hydrogen-bond donors (Lipinski definition) is 2. The number of nitrogens with two attached hydrogens (primary N) is 1. The van der Waals surface area contributed by atoms with Gasteiger partial charge in [0.1, 0.15) is 4.90 Å². The van der Waals surface area contributed by atoms with E-state index in [1.54, 1.807) is 12.1 Å². The van der Waals surface area contributed by atoms with Gasteiger partial charge in [-0.3, -0.25) is 0 Å². The number of piperidine rings is 1. The molecule has 0 spiro atoms. The maximum absolute atomic E-state index is 12.5. The molecule has 2 rings (SSSR count). The molecular formula is C15H25N3O2S. The van der Waals surface area contributed by atoms with Crippen molar-refractivity contribution in [2.24, 2.45) is 11.7 Å². The van der Waals surface area contributed by atoms with E-state index in [9.17, 15) is 8.42 Å². The van der Waals surface area contributed by atoms with Crippen molar-refractivity contribution < 1.29 is 8.42 Å². The Morgan fingerprint density at radius 3 is 2.48 bits per heavy atom. The van der Waals surface area contributed by atoms with E-state index in [0.29, 0.717) is 17.4 Å². The highest BCUT2D eigenvalue weighted by atomic mass is 32.2. The van der Waals surface area contributed by atoms with Gasteiger partial charge in [-0.1, -0.05) is 12.1 Å². The van der Waals surface area contributed by atoms with Gasteiger partial charge in [0, 0.05) is 19.1 Å². The lowest BCUT2D eigenvalue weighted by Gasteiger charge is -2.34. The number of nitrogens with one attached hydrogen (secondary N) is 1. The van der Waals surface area contributed by atoms with Gasteiger partial charge in [-0.25, -0.2) is 13.1 Å². The fourth-order valence-electron chi connectivity index (χ4n) is 2.73. The van der Waals surface area contributed by atoms with E-state index >= 15 is 0 Å². The monoisotopic (exact) mass is 311 g/mol. The minimum atomic E-state index is -3.47. The number of hydrogen-bond acceptors (Lipinski definition) is 4.